The summed E-state index contributed by atoms with van der Waals surface area (Å²) >= 11 is 1.62. The highest BCUT2D eigenvalue weighted by Crippen LogP contribution is 2.26. The van der Waals surface area contributed by atoms with Crippen molar-refractivity contribution in [3.8, 4) is 10.7 Å². The predicted octanol–water partition coefficient (Wildman–Crippen LogP) is 2.44. The van der Waals surface area contributed by atoms with Gasteiger partial charge in [0.25, 0.3) is 0 Å². The zero-order valence-electron chi connectivity index (χ0n) is 8.19. The van der Waals surface area contributed by atoms with Crippen LogP contribution < -0.4 is 0 Å². The Morgan fingerprint density at radius 2 is 2.43 bits per heavy atom. The van der Waals surface area contributed by atoms with Crippen molar-refractivity contribution >= 4 is 11.3 Å². The summed E-state index contributed by atoms with van der Waals surface area (Å²) in [6, 6.07) is 0. The maximum atomic E-state index is 4.52. The molecule has 0 aromatic carbocycles. The molecule has 2 heterocycles. The van der Waals surface area contributed by atoms with E-state index in [1.165, 1.54) is 0 Å². The number of H-pyrrole nitrogens is 1. The first kappa shape index (κ1) is 9.33. The molecule has 2 rings (SSSR count). The second kappa shape index (κ2) is 3.88. The van der Waals surface area contributed by atoms with Crippen LogP contribution in [0.4, 0.5) is 0 Å². The third-order valence-corrected chi connectivity index (χ3v) is 3.16. The molecule has 4 nitrogen and oxygen atoms in total. The number of thiazole rings is 1. The number of hydrogen-bond acceptors (Lipinski definition) is 4. The van der Waals surface area contributed by atoms with Crippen LogP contribution in [-0.2, 0) is 0 Å². The van der Waals surface area contributed by atoms with Crippen LogP contribution in [0.1, 0.15) is 31.9 Å². The summed E-state index contributed by atoms with van der Waals surface area (Å²) in [4.78, 5) is 4.52. The topological polar surface area (TPSA) is 54.5 Å². The number of aromatic amines is 1. The van der Waals surface area contributed by atoms with Gasteiger partial charge in [0.05, 0.1) is 11.9 Å². The Labute approximate surface area is 86.4 Å². The summed E-state index contributed by atoms with van der Waals surface area (Å²) in [6.45, 7) is 4.35. The molecule has 0 aliphatic rings. The van der Waals surface area contributed by atoms with Crippen molar-refractivity contribution in [2.45, 2.75) is 26.2 Å². The van der Waals surface area contributed by atoms with E-state index in [2.05, 4.69) is 39.6 Å². The van der Waals surface area contributed by atoms with E-state index in [1.54, 1.807) is 17.5 Å². The highest BCUT2D eigenvalue weighted by Gasteiger charge is 2.10. The lowest BCUT2D eigenvalue weighted by atomic mass is 10.1. The largest absolute Gasteiger partial charge is 0.239 e. The van der Waals surface area contributed by atoms with E-state index in [4.69, 9.17) is 0 Å². The van der Waals surface area contributed by atoms with E-state index in [0.717, 1.165) is 22.8 Å². The Morgan fingerprint density at radius 3 is 3.07 bits per heavy atom. The SMILES string of the molecule is CCC(C)c1csc(-c2cn[nH]n2)n1. The predicted molar refractivity (Wildman–Crippen MR) is 56.2 cm³/mol. The van der Waals surface area contributed by atoms with Gasteiger partial charge in [0.1, 0.15) is 10.7 Å². The van der Waals surface area contributed by atoms with Crippen molar-refractivity contribution in [2.75, 3.05) is 0 Å². The lowest BCUT2D eigenvalue weighted by Crippen LogP contribution is -1.90. The number of rotatable bonds is 3. The molecule has 0 amide bonds. The molecule has 74 valence electrons. The Kier molecular flexibility index (Phi) is 2.58. The molecule has 5 heteroatoms. The monoisotopic (exact) mass is 208 g/mol. The smallest absolute Gasteiger partial charge is 0.145 e. The van der Waals surface area contributed by atoms with Crippen LogP contribution in [0.25, 0.3) is 10.7 Å². The van der Waals surface area contributed by atoms with Gasteiger partial charge in [0, 0.05) is 5.38 Å². The van der Waals surface area contributed by atoms with Crippen LogP contribution in [0.2, 0.25) is 0 Å². The molecule has 2 aromatic rings. The molecule has 0 saturated carbocycles. The van der Waals surface area contributed by atoms with Crippen molar-refractivity contribution in [2.24, 2.45) is 0 Å². The lowest BCUT2D eigenvalue weighted by Gasteiger charge is -2.01. The van der Waals surface area contributed by atoms with Crippen LogP contribution in [0, 0.1) is 0 Å². The molecule has 0 aliphatic heterocycles. The van der Waals surface area contributed by atoms with Gasteiger partial charge in [-0.3, -0.25) is 0 Å². The Balaban J connectivity index is 2.26. The van der Waals surface area contributed by atoms with Gasteiger partial charge in [-0.05, 0) is 12.3 Å². The zero-order chi connectivity index (χ0) is 9.97. The molecule has 1 N–H and O–H groups in total. The highest BCUT2D eigenvalue weighted by atomic mass is 32.1. The maximum absolute atomic E-state index is 4.52. The van der Waals surface area contributed by atoms with Gasteiger partial charge in [-0.2, -0.15) is 15.4 Å². The van der Waals surface area contributed by atoms with Crippen molar-refractivity contribution in [3.63, 3.8) is 0 Å². The quantitative estimate of drug-likeness (QED) is 0.842. The summed E-state index contributed by atoms with van der Waals surface area (Å²) in [5, 5.41) is 13.4. The molecule has 1 atom stereocenters. The van der Waals surface area contributed by atoms with Crippen LogP contribution in [-0.4, -0.2) is 20.4 Å². The minimum Gasteiger partial charge on any atom is -0.239 e. The molecule has 1 unspecified atom stereocenters. The summed E-state index contributed by atoms with van der Waals surface area (Å²) < 4.78 is 0. The fraction of sp³-hybridized carbons (Fsp3) is 0.444. The molecule has 2 aromatic heterocycles. The van der Waals surface area contributed by atoms with E-state index in [9.17, 15) is 0 Å². The average Bonchev–Trinajstić information content (AvgIpc) is 2.86. The first-order valence-electron chi connectivity index (χ1n) is 4.62. The molecule has 0 saturated heterocycles. The minimum atomic E-state index is 0.520. The first-order valence-corrected chi connectivity index (χ1v) is 5.50. The molecule has 14 heavy (non-hydrogen) atoms. The number of hydrogen-bond donors (Lipinski definition) is 1. The second-order valence-electron chi connectivity index (χ2n) is 3.24. The van der Waals surface area contributed by atoms with Crippen LogP contribution in [0.5, 0.6) is 0 Å². The van der Waals surface area contributed by atoms with Gasteiger partial charge < -0.3 is 0 Å². The van der Waals surface area contributed by atoms with Gasteiger partial charge in [-0.1, -0.05) is 13.8 Å². The number of nitrogens with one attached hydrogen (secondary N) is 1. The molecular formula is C9H12N4S. The Morgan fingerprint density at radius 1 is 1.57 bits per heavy atom. The Hall–Kier alpha value is -1.23. The zero-order valence-corrected chi connectivity index (χ0v) is 9.01. The average molecular weight is 208 g/mol. The van der Waals surface area contributed by atoms with Gasteiger partial charge in [0.2, 0.25) is 0 Å². The number of aromatic nitrogens is 4. The summed E-state index contributed by atoms with van der Waals surface area (Å²) in [5.41, 5.74) is 1.97. The van der Waals surface area contributed by atoms with Gasteiger partial charge >= 0.3 is 0 Å². The van der Waals surface area contributed by atoms with E-state index in [1.807, 2.05) is 0 Å². The van der Waals surface area contributed by atoms with Gasteiger partial charge in [-0.15, -0.1) is 11.3 Å². The Bertz CT molecular complexity index is 393. The van der Waals surface area contributed by atoms with E-state index < -0.39 is 0 Å². The molecule has 0 bridgehead atoms. The summed E-state index contributed by atoms with van der Waals surface area (Å²) in [6.07, 6.45) is 2.81. The van der Waals surface area contributed by atoms with Crippen LogP contribution >= 0.6 is 11.3 Å². The normalized spacial score (nSPS) is 13.0. The molecule has 0 radical (unpaired) electrons. The fourth-order valence-corrected chi connectivity index (χ4v) is 2.04. The highest BCUT2D eigenvalue weighted by molar-refractivity contribution is 7.13. The van der Waals surface area contributed by atoms with Crippen molar-refractivity contribution in [1.29, 1.82) is 0 Å². The van der Waals surface area contributed by atoms with E-state index in [-0.39, 0.29) is 0 Å². The molecule has 0 fully saturated rings. The van der Waals surface area contributed by atoms with Crippen molar-refractivity contribution in [3.05, 3.63) is 17.3 Å². The molecule has 0 aliphatic carbocycles. The molecule has 0 spiro atoms. The summed E-state index contributed by atoms with van der Waals surface area (Å²) in [5.74, 6) is 0.520. The summed E-state index contributed by atoms with van der Waals surface area (Å²) in [7, 11) is 0. The molecular weight excluding hydrogens is 196 g/mol. The van der Waals surface area contributed by atoms with Crippen LogP contribution in [0.15, 0.2) is 11.6 Å². The lowest BCUT2D eigenvalue weighted by molar-refractivity contribution is 0.714. The van der Waals surface area contributed by atoms with Crippen molar-refractivity contribution < 1.29 is 0 Å². The minimum absolute atomic E-state index is 0.520. The first-order chi connectivity index (χ1) is 6.81. The third-order valence-electron chi connectivity index (χ3n) is 2.27. The standard InChI is InChI=1S/C9H12N4S/c1-3-6(2)8-5-14-9(11-8)7-4-10-13-12-7/h4-6H,3H2,1-2H3,(H,10,12,13). The third kappa shape index (κ3) is 1.68. The van der Waals surface area contributed by atoms with Crippen molar-refractivity contribution in [1.82, 2.24) is 20.4 Å². The van der Waals surface area contributed by atoms with Gasteiger partial charge in [-0.25, -0.2) is 4.98 Å². The van der Waals surface area contributed by atoms with E-state index >= 15 is 0 Å². The second-order valence-corrected chi connectivity index (χ2v) is 4.10. The van der Waals surface area contributed by atoms with Crippen LogP contribution in [0.3, 0.4) is 0 Å². The van der Waals surface area contributed by atoms with E-state index in [0.29, 0.717) is 5.92 Å². The maximum Gasteiger partial charge on any atom is 0.145 e. The fourth-order valence-electron chi connectivity index (χ4n) is 1.14. The van der Waals surface area contributed by atoms with Gasteiger partial charge in [0.15, 0.2) is 0 Å². The number of nitrogens with zero attached hydrogens (tertiary/aromatic N) is 3.